The Kier molecular flexibility index (Phi) is 5.42. The van der Waals surface area contributed by atoms with Crippen molar-refractivity contribution in [3.63, 3.8) is 0 Å². The van der Waals surface area contributed by atoms with Crippen molar-refractivity contribution in [2.45, 2.75) is 38.6 Å². The molecule has 0 radical (unpaired) electrons. The van der Waals surface area contributed by atoms with Gasteiger partial charge in [-0.1, -0.05) is 23.7 Å². The van der Waals surface area contributed by atoms with E-state index in [1.807, 2.05) is 12.1 Å². The zero-order valence-corrected chi connectivity index (χ0v) is 15.2. The average molecular weight is 374 g/mol. The van der Waals surface area contributed by atoms with Crippen LogP contribution in [0.3, 0.4) is 0 Å². The van der Waals surface area contributed by atoms with Gasteiger partial charge in [-0.25, -0.2) is 0 Å². The van der Waals surface area contributed by atoms with Crippen LogP contribution in [0.25, 0.3) is 0 Å². The number of nitrogens with zero attached hydrogens (tertiary/aromatic N) is 1. The van der Waals surface area contributed by atoms with E-state index in [9.17, 15) is 14.9 Å². The molecule has 0 saturated carbocycles. The first-order chi connectivity index (χ1) is 12.5. The maximum absolute atomic E-state index is 12.5. The highest BCUT2D eigenvalue weighted by Crippen LogP contribution is 2.29. The van der Waals surface area contributed by atoms with Gasteiger partial charge in [0.15, 0.2) is 0 Å². The fourth-order valence-electron chi connectivity index (χ4n) is 3.18. The van der Waals surface area contributed by atoms with E-state index in [1.165, 1.54) is 35.7 Å². The van der Waals surface area contributed by atoms with Gasteiger partial charge < -0.3 is 10.6 Å². The molecule has 0 aromatic heterocycles. The van der Waals surface area contributed by atoms with Crippen molar-refractivity contribution in [2.24, 2.45) is 0 Å². The predicted molar refractivity (Wildman–Crippen MR) is 103 cm³/mol. The molecular weight excluding hydrogens is 354 g/mol. The molecule has 1 atom stereocenters. The second kappa shape index (κ2) is 7.74. The molecule has 6 nitrogen and oxygen atoms in total. The van der Waals surface area contributed by atoms with Crippen molar-refractivity contribution < 1.29 is 9.72 Å². The summed E-state index contributed by atoms with van der Waals surface area (Å²) in [5.41, 5.74) is 3.68. The number of nitro benzene ring substituents is 1. The molecule has 2 aromatic rings. The molecule has 0 fully saturated rings. The number of aryl methyl sites for hydroxylation is 1. The minimum Gasteiger partial charge on any atom is -0.374 e. The quantitative estimate of drug-likeness (QED) is 0.594. The molecule has 136 valence electrons. The lowest BCUT2D eigenvalue weighted by Crippen LogP contribution is -2.32. The fourth-order valence-corrected chi connectivity index (χ4v) is 3.34. The molecule has 0 saturated heterocycles. The summed E-state index contributed by atoms with van der Waals surface area (Å²) < 4.78 is 0. The van der Waals surface area contributed by atoms with Crippen molar-refractivity contribution in [3.05, 3.63) is 62.7 Å². The van der Waals surface area contributed by atoms with E-state index in [0.717, 1.165) is 24.9 Å². The van der Waals surface area contributed by atoms with Gasteiger partial charge in [0.1, 0.15) is 6.04 Å². The Bertz CT molecular complexity index is 854. The molecule has 0 spiro atoms. The van der Waals surface area contributed by atoms with E-state index < -0.39 is 11.0 Å². The highest BCUT2D eigenvalue weighted by molar-refractivity contribution is 6.33. The third-order valence-electron chi connectivity index (χ3n) is 4.58. The number of fused-ring (bicyclic) bond motifs is 1. The summed E-state index contributed by atoms with van der Waals surface area (Å²) in [6.07, 6.45) is 4.41. The fraction of sp³-hybridized carbons (Fsp3) is 0.316. The van der Waals surface area contributed by atoms with Crippen LogP contribution in [0.4, 0.5) is 17.1 Å². The molecule has 7 heteroatoms. The van der Waals surface area contributed by atoms with Gasteiger partial charge in [0, 0.05) is 17.8 Å². The van der Waals surface area contributed by atoms with Crippen LogP contribution in [0.5, 0.6) is 0 Å². The normalized spacial score (nSPS) is 14.2. The Labute approximate surface area is 156 Å². The van der Waals surface area contributed by atoms with Gasteiger partial charge >= 0.3 is 0 Å². The summed E-state index contributed by atoms with van der Waals surface area (Å²) in [5, 5.41) is 17.1. The predicted octanol–water partition coefficient (Wildman–Crippen LogP) is 4.57. The minimum atomic E-state index is -0.524. The maximum Gasteiger partial charge on any atom is 0.271 e. The number of nitro groups is 1. The lowest BCUT2D eigenvalue weighted by atomic mass is 9.90. The Morgan fingerprint density at radius 2 is 1.96 bits per heavy atom. The van der Waals surface area contributed by atoms with Crippen LogP contribution in [0.15, 0.2) is 36.4 Å². The largest absolute Gasteiger partial charge is 0.374 e. The third-order valence-corrected chi connectivity index (χ3v) is 4.91. The summed E-state index contributed by atoms with van der Waals surface area (Å²) in [5.74, 6) is -0.305. The lowest BCUT2D eigenvalue weighted by molar-refractivity contribution is -0.384. The number of nitrogens with one attached hydrogen (secondary N) is 2. The summed E-state index contributed by atoms with van der Waals surface area (Å²) in [6.45, 7) is 1.75. The minimum absolute atomic E-state index is 0.123. The first-order valence-corrected chi connectivity index (χ1v) is 8.95. The molecule has 1 amide bonds. The molecule has 3 rings (SSSR count). The first kappa shape index (κ1) is 18.2. The number of hydrogen-bond donors (Lipinski definition) is 2. The monoisotopic (exact) mass is 373 g/mol. The van der Waals surface area contributed by atoms with Gasteiger partial charge in [0.2, 0.25) is 5.91 Å². The summed E-state index contributed by atoms with van der Waals surface area (Å²) in [7, 11) is 0. The van der Waals surface area contributed by atoms with Crippen molar-refractivity contribution in [2.75, 3.05) is 10.6 Å². The van der Waals surface area contributed by atoms with Crippen molar-refractivity contribution >= 4 is 34.6 Å². The number of amides is 1. The lowest BCUT2D eigenvalue weighted by Gasteiger charge is -2.22. The summed E-state index contributed by atoms with van der Waals surface area (Å²) >= 11 is 6.05. The van der Waals surface area contributed by atoms with Crippen molar-refractivity contribution in [1.29, 1.82) is 0 Å². The van der Waals surface area contributed by atoms with E-state index in [4.69, 9.17) is 11.6 Å². The zero-order valence-electron chi connectivity index (χ0n) is 14.4. The van der Waals surface area contributed by atoms with E-state index >= 15 is 0 Å². The van der Waals surface area contributed by atoms with Crippen LogP contribution in [0.2, 0.25) is 5.02 Å². The highest BCUT2D eigenvalue weighted by atomic mass is 35.5. The molecule has 2 N–H and O–H groups in total. The summed E-state index contributed by atoms with van der Waals surface area (Å²) in [4.78, 5) is 22.9. The average Bonchev–Trinajstić information content (AvgIpc) is 2.63. The maximum atomic E-state index is 12.5. The van der Waals surface area contributed by atoms with Gasteiger partial charge in [-0.3, -0.25) is 14.9 Å². The molecule has 0 bridgehead atoms. The zero-order chi connectivity index (χ0) is 18.7. The molecule has 2 aromatic carbocycles. The Hall–Kier alpha value is -2.60. The van der Waals surface area contributed by atoms with Crippen molar-refractivity contribution in [3.8, 4) is 0 Å². The Balaban J connectivity index is 1.73. The van der Waals surface area contributed by atoms with E-state index in [-0.39, 0.29) is 22.3 Å². The second-order valence-corrected chi connectivity index (χ2v) is 6.83. The number of non-ortho nitro benzene ring substituents is 1. The molecule has 1 aliphatic rings. The van der Waals surface area contributed by atoms with Crippen molar-refractivity contribution in [1.82, 2.24) is 0 Å². The molecule has 1 unspecified atom stereocenters. The summed E-state index contributed by atoms with van der Waals surface area (Å²) in [6, 6.07) is 9.56. The molecule has 0 heterocycles. The number of halogens is 1. The highest BCUT2D eigenvalue weighted by Gasteiger charge is 2.19. The van der Waals surface area contributed by atoms with Crippen LogP contribution in [-0.2, 0) is 17.6 Å². The van der Waals surface area contributed by atoms with Gasteiger partial charge in [-0.2, -0.15) is 0 Å². The first-order valence-electron chi connectivity index (χ1n) is 8.58. The standard InChI is InChI=1S/C19H20ClN3O3/c1-12(21-17-8-4-6-13-5-2-3-7-15(13)17)19(24)22-18-11-14(23(25)26)9-10-16(18)20/h4,6,8-12,21H,2-3,5,7H2,1H3,(H,22,24). The molecule has 26 heavy (non-hydrogen) atoms. The van der Waals surface area contributed by atoms with Crippen LogP contribution in [0, 0.1) is 10.1 Å². The SMILES string of the molecule is CC(Nc1cccc2c1CCCC2)C(=O)Nc1cc([N+](=O)[O-])ccc1Cl. The van der Waals surface area contributed by atoms with E-state index in [2.05, 4.69) is 16.7 Å². The van der Waals surface area contributed by atoms with Crippen LogP contribution < -0.4 is 10.6 Å². The number of benzene rings is 2. The Morgan fingerprint density at radius 1 is 1.19 bits per heavy atom. The van der Waals surface area contributed by atoms with Gasteiger partial charge in [0.05, 0.1) is 15.6 Å². The second-order valence-electron chi connectivity index (χ2n) is 6.43. The topological polar surface area (TPSA) is 84.3 Å². The number of hydrogen-bond acceptors (Lipinski definition) is 4. The van der Waals surface area contributed by atoms with E-state index in [1.54, 1.807) is 6.92 Å². The molecule has 0 aliphatic heterocycles. The number of anilines is 2. The molecular formula is C19H20ClN3O3. The smallest absolute Gasteiger partial charge is 0.271 e. The number of carbonyl (C=O) groups excluding carboxylic acids is 1. The van der Waals surface area contributed by atoms with Crippen LogP contribution in [0.1, 0.15) is 30.9 Å². The van der Waals surface area contributed by atoms with Gasteiger partial charge in [0.25, 0.3) is 5.69 Å². The Morgan fingerprint density at radius 3 is 2.73 bits per heavy atom. The molecule has 1 aliphatic carbocycles. The third kappa shape index (κ3) is 3.96. The van der Waals surface area contributed by atoms with Crippen LogP contribution >= 0.6 is 11.6 Å². The number of rotatable bonds is 5. The van der Waals surface area contributed by atoms with Gasteiger partial charge in [-0.05, 0) is 55.9 Å². The van der Waals surface area contributed by atoms with E-state index in [0.29, 0.717) is 0 Å². The number of carbonyl (C=O) groups is 1. The van der Waals surface area contributed by atoms with Gasteiger partial charge in [-0.15, -0.1) is 0 Å². The van der Waals surface area contributed by atoms with Crippen LogP contribution in [-0.4, -0.2) is 16.9 Å².